The van der Waals surface area contributed by atoms with Gasteiger partial charge in [0.05, 0.1) is 18.0 Å². The van der Waals surface area contributed by atoms with Crippen LogP contribution in [0.4, 0.5) is 0 Å². The summed E-state index contributed by atoms with van der Waals surface area (Å²) >= 11 is 0. The molecular formula is C41H43N4O+. The molecule has 0 unspecified atom stereocenters. The molecule has 46 heavy (non-hydrogen) atoms. The summed E-state index contributed by atoms with van der Waals surface area (Å²) in [6, 6.07) is 24.1. The van der Waals surface area contributed by atoms with Gasteiger partial charge in [-0.2, -0.15) is 4.57 Å². The first-order chi connectivity index (χ1) is 22.7. The van der Waals surface area contributed by atoms with E-state index in [1.807, 2.05) is 6.20 Å². The number of hydrogen-bond acceptors (Lipinski definition) is 3. The molecule has 0 bridgehead atoms. The molecule has 5 nitrogen and oxygen atoms in total. The Bertz CT molecular complexity index is 2310. The van der Waals surface area contributed by atoms with Crippen molar-refractivity contribution in [1.82, 2.24) is 14.5 Å². The van der Waals surface area contributed by atoms with Gasteiger partial charge >= 0.3 is 0 Å². The molecule has 4 aromatic carbocycles. The van der Waals surface area contributed by atoms with Crippen LogP contribution in [0.3, 0.4) is 0 Å². The van der Waals surface area contributed by atoms with Crippen molar-refractivity contribution in [2.45, 2.75) is 84.5 Å². The van der Waals surface area contributed by atoms with E-state index < -0.39 is 5.89 Å². The average Bonchev–Trinajstić information content (AvgIpc) is 3.59. The molecule has 0 radical (unpaired) electrons. The minimum absolute atomic E-state index is 0.346. The first-order valence-electron chi connectivity index (χ1n) is 17.4. The average molecular weight is 609 g/mol. The molecular weight excluding hydrogens is 564 g/mol. The van der Waals surface area contributed by atoms with Gasteiger partial charge in [-0.25, -0.2) is 14.5 Å². The SMILES string of the molecule is [2H]C1(c2ncc3c(ccc4c5ccc(C)c(-c6n(-c7c(C(C)C)cccc7C(C)C)c7ccccc7[n+]6C)c5oc34)n2)CCCCC1. The van der Waals surface area contributed by atoms with Crippen LogP contribution in [0, 0.1) is 6.92 Å². The number of imidazole rings is 1. The molecule has 0 amide bonds. The van der Waals surface area contributed by atoms with Crippen molar-refractivity contribution in [3.05, 3.63) is 95.4 Å². The molecule has 1 aliphatic carbocycles. The van der Waals surface area contributed by atoms with Crippen molar-refractivity contribution < 1.29 is 10.4 Å². The van der Waals surface area contributed by atoms with Crippen LogP contribution in [0.25, 0.3) is 61.0 Å². The maximum Gasteiger partial charge on any atom is 0.299 e. The van der Waals surface area contributed by atoms with Crippen molar-refractivity contribution in [3.63, 3.8) is 0 Å². The number of nitrogens with zero attached hydrogens (tertiary/aromatic N) is 4. The van der Waals surface area contributed by atoms with E-state index in [2.05, 4.69) is 118 Å². The number of benzene rings is 4. The number of aryl methyl sites for hydroxylation is 2. The molecule has 5 heteroatoms. The number of hydrogen-bond donors (Lipinski definition) is 0. The monoisotopic (exact) mass is 608 g/mol. The van der Waals surface area contributed by atoms with Gasteiger partial charge in [0.1, 0.15) is 22.7 Å². The van der Waals surface area contributed by atoms with Crippen molar-refractivity contribution in [1.29, 1.82) is 0 Å². The highest BCUT2D eigenvalue weighted by atomic mass is 16.3. The lowest BCUT2D eigenvalue weighted by atomic mass is 9.88. The zero-order valence-corrected chi connectivity index (χ0v) is 27.8. The molecule has 3 heterocycles. The van der Waals surface area contributed by atoms with E-state index >= 15 is 0 Å². The minimum atomic E-state index is -0.706. The zero-order valence-electron chi connectivity index (χ0n) is 28.8. The van der Waals surface area contributed by atoms with Crippen molar-refractivity contribution in [2.75, 3.05) is 0 Å². The third-order valence-electron chi connectivity index (χ3n) is 10.2. The number of rotatable bonds is 5. The summed E-state index contributed by atoms with van der Waals surface area (Å²) < 4.78 is 20.9. The lowest BCUT2D eigenvalue weighted by Gasteiger charge is -2.20. The Labute approximate surface area is 272 Å². The van der Waals surface area contributed by atoms with Crippen LogP contribution in [0.2, 0.25) is 0 Å². The van der Waals surface area contributed by atoms with Crippen LogP contribution in [0.1, 0.15) is 101 Å². The van der Waals surface area contributed by atoms with E-state index in [-0.39, 0.29) is 0 Å². The Morgan fingerprint density at radius 3 is 2.26 bits per heavy atom. The normalized spacial score (nSPS) is 15.6. The van der Waals surface area contributed by atoms with Gasteiger partial charge in [-0.15, -0.1) is 0 Å². The van der Waals surface area contributed by atoms with Gasteiger partial charge in [0, 0.05) is 35.4 Å². The lowest BCUT2D eigenvalue weighted by molar-refractivity contribution is -0.633. The number of furan rings is 1. The Morgan fingerprint density at radius 1 is 0.826 bits per heavy atom. The standard InChI is InChI=1S/C41H43N4O/c1-24(2)28-15-12-16-29(25(3)4)37(28)45-35-18-11-10-17-34(35)44(6)41(45)36-26(5)19-20-31-30-21-22-33-32(38(30)46-39(31)36)23-42-40(43-33)27-13-8-7-9-14-27/h10-12,15-25,27H,7-9,13-14H2,1-6H3/q+1/i27D. The summed E-state index contributed by atoms with van der Waals surface area (Å²) in [7, 11) is 2.18. The van der Waals surface area contributed by atoms with Crippen LogP contribution in [-0.2, 0) is 7.05 Å². The van der Waals surface area contributed by atoms with Gasteiger partial charge in [-0.3, -0.25) is 0 Å². The van der Waals surface area contributed by atoms with Gasteiger partial charge in [0.15, 0.2) is 16.6 Å². The summed E-state index contributed by atoms with van der Waals surface area (Å²) in [5.41, 5.74) is 11.0. The maximum absolute atomic E-state index is 9.12. The summed E-state index contributed by atoms with van der Waals surface area (Å²) in [5, 5.41) is 3.02. The molecule has 232 valence electrons. The second kappa shape index (κ2) is 11.1. The highest BCUT2D eigenvalue weighted by molar-refractivity contribution is 6.16. The largest absolute Gasteiger partial charge is 0.454 e. The summed E-state index contributed by atoms with van der Waals surface area (Å²) in [6.45, 7) is 11.3. The van der Waals surface area contributed by atoms with E-state index in [0.717, 1.165) is 75.5 Å². The highest BCUT2D eigenvalue weighted by Crippen LogP contribution is 2.43. The predicted molar refractivity (Wildman–Crippen MR) is 189 cm³/mol. The molecule has 7 aromatic rings. The van der Waals surface area contributed by atoms with Crippen molar-refractivity contribution in [2.24, 2.45) is 7.05 Å². The van der Waals surface area contributed by atoms with Crippen LogP contribution in [0.5, 0.6) is 0 Å². The minimum Gasteiger partial charge on any atom is -0.454 e. The van der Waals surface area contributed by atoms with Crippen molar-refractivity contribution >= 4 is 43.9 Å². The fourth-order valence-corrected chi connectivity index (χ4v) is 7.74. The predicted octanol–water partition coefficient (Wildman–Crippen LogP) is 10.6. The lowest BCUT2D eigenvalue weighted by Crippen LogP contribution is -2.30. The molecule has 0 aliphatic heterocycles. The molecule has 1 fully saturated rings. The van der Waals surface area contributed by atoms with E-state index in [0.29, 0.717) is 17.7 Å². The molecule has 0 atom stereocenters. The summed E-state index contributed by atoms with van der Waals surface area (Å²) in [6.07, 6.45) is 6.84. The Morgan fingerprint density at radius 2 is 1.52 bits per heavy atom. The molecule has 1 saturated carbocycles. The number of para-hydroxylation sites is 3. The smallest absolute Gasteiger partial charge is 0.299 e. The van der Waals surface area contributed by atoms with E-state index in [1.54, 1.807) is 0 Å². The Hall–Kier alpha value is -4.51. The van der Waals surface area contributed by atoms with Gasteiger partial charge in [0.2, 0.25) is 0 Å². The maximum atomic E-state index is 9.12. The second-order valence-electron chi connectivity index (χ2n) is 13.8. The first kappa shape index (κ1) is 27.8. The Balaban J connectivity index is 1.44. The zero-order chi connectivity index (χ0) is 32.6. The van der Waals surface area contributed by atoms with Crippen LogP contribution in [-0.4, -0.2) is 14.5 Å². The van der Waals surface area contributed by atoms with Gasteiger partial charge in [0.25, 0.3) is 5.82 Å². The molecule has 8 rings (SSSR count). The third kappa shape index (κ3) is 4.39. The molecule has 0 N–H and O–H groups in total. The summed E-state index contributed by atoms with van der Waals surface area (Å²) in [4.78, 5) is 9.77. The molecule has 0 spiro atoms. The first-order valence-corrected chi connectivity index (χ1v) is 16.9. The third-order valence-corrected chi connectivity index (χ3v) is 10.2. The molecule has 3 aromatic heterocycles. The second-order valence-corrected chi connectivity index (χ2v) is 13.8. The Kier molecular flexibility index (Phi) is 6.69. The summed E-state index contributed by atoms with van der Waals surface area (Å²) in [5.74, 6) is 1.72. The number of fused-ring (bicyclic) bond motifs is 6. The molecule has 1 aliphatic rings. The molecule has 0 saturated heterocycles. The van der Waals surface area contributed by atoms with Crippen LogP contribution >= 0.6 is 0 Å². The highest BCUT2D eigenvalue weighted by Gasteiger charge is 2.33. The van der Waals surface area contributed by atoms with Gasteiger partial charge in [-0.1, -0.05) is 89.4 Å². The fourth-order valence-electron chi connectivity index (χ4n) is 7.74. The topological polar surface area (TPSA) is 47.7 Å². The van der Waals surface area contributed by atoms with Crippen LogP contribution in [0.15, 0.2) is 77.3 Å². The van der Waals surface area contributed by atoms with Gasteiger partial charge < -0.3 is 4.42 Å². The van der Waals surface area contributed by atoms with Crippen LogP contribution < -0.4 is 4.57 Å². The van der Waals surface area contributed by atoms with Crippen molar-refractivity contribution in [3.8, 4) is 17.1 Å². The fraction of sp³-hybridized carbons (Fsp3) is 0.341. The van der Waals surface area contributed by atoms with Gasteiger partial charge in [-0.05, 0) is 61.4 Å². The van der Waals surface area contributed by atoms with E-state index in [1.165, 1.54) is 34.3 Å². The van der Waals surface area contributed by atoms with E-state index in [9.17, 15) is 0 Å². The van der Waals surface area contributed by atoms with E-state index in [4.69, 9.17) is 15.8 Å². The quantitative estimate of drug-likeness (QED) is 0.183. The number of aromatic nitrogens is 4.